The SMILES string of the molecule is CC.CC.Cc1cncc2c1=CCCC=2. The van der Waals surface area contributed by atoms with Gasteiger partial charge in [0.05, 0.1) is 0 Å². The molecule has 1 heterocycles. The third-order valence-corrected chi connectivity index (χ3v) is 2.10. The molecule has 0 N–H and O–H groups in total. The Hall–Kier alpha value is -1.11. The van der Waals surface area contributed by atoms with Gasteiger partial charge in [-0.3, -0.25) is 4.98 Å². The molecule has 0 bridgehead atoms. The third kappa shape index (κ3) is 3.86. The highest BCUT2D eigenvalue weighted by atomic mass is 14.6. The smallest absolute Gasteiger partial charge is 0.0343 e. The van der Waals surface area contributed by atoms with Crippen LogP contribution in [-0.4, -0.2) is 4.98 Å². The van der Waals surface area contributed by atoms with E-state index in [2.05, 4.69) is 24.1 Å². The highest BCUT2D eigenvalue weighted by molar-refractivity contribution is 5.39. The maximum Gasteiger partial charge on any atom is 0.0343 e. The van der Waals surface area contributed by atoms with Crippen molar-refractivity contribution in [1.82, 2.24) is 4.98 Å². The minimum Gasteiger partial charge on any atom is -0.264 e. The summed E-state index contributed by atoms with van der Waals surface area (Å²) >= 11 is 0. The van der Waals surface area contributed by atoms with Crippen molar-refractivity contribution in [3.63, 3.8) is 0 Å². The summed E-state index contributed by atoms with van der Waals surface area (Å²) in [6, 6.07) is 0. The van der Waals surface area contributed by atoms with Crippen molar-refractivity contribution >= 4 is 12.2 Å². The second-order valence-corrected chi connectivity index (χ2v) is 2.94. The maximum absolute atomic E-state index is 4.15. The van der Waals surface area contributed by atoms with Gasteiger partial charge < -0.3 is 0 Å². The van der Waals surface area contributed by atoms with E-state index in [4.69, 9.17) is 0 Å². The van der Waals surface area contributed by atoms with Crippen molar-refractivity contribution < 1.29 is 0 Å². The molecule has 0 atom stereocenters. The van der Waals surface area contributed by atoms with Gasteiger partial charge in [0.25, 0.3) is 0 Å². The van der Waals surface area contributed by atoms with Crippen LogP contribution >= 0.6 is 0 Å². The first kappa shape index (κ1) is 13.9. The van der Waals surface area contributed by atoms with Gasteiger partial charge in [0.15, 0.2) is 0 Å². The second-order valence-electron chi connectivity index (χ2n) is 2.94. The Morgan fingerprint density at radius 2 is 1.53 bits per heavy atom. The summed E-state index contributed by atoms with van der Waals surface area (Å²) in [6.45, 7) is 10.1. The fraction of sp³-hybridized carbons (Fsp3) is 0.500. The van der Waals surface area contributed by atoms with Crippen LogP contribution in [0.1, 0.15) is 46.1 Å². The molecule has 0 aliphatic heterocycles. The summed E-state index contributed by atoms with van der Waals surface area (Å²) in [6.07, 6.45) is 10.8. The zero-order valence-corrected chi connectivity index (χ0v) is 10.7. The van der Waals surface area contributed by atoms with Crippen LogP contribution < -0.4 is 10.4 Å². The molecule has 0 saturated heterocycles. The molecule has 0 fully saturated rings. The molecular formula is C14H23N. The van der Waals surface area contributed by atoms with E-state index < -0.39 is 0 Å². The molecule has 0 aromatic carbocycles. The van der Waals surface area contributed by atoms with Crippen LogP contribution in [0.3, 0.4) is 0 Å². The lowest BCUT2D eigenvalue weighted by Gasteiger charge is -2.00. The van der Waals surface area contributed by atoms with Gasteiger partial charge >= 0.3 is 0 Å². The number of aryl methyl sites for hydroxylation is 1. The number of nitrogens with zero attached hydrogens (tertiary/aromatic N) is 1. The van der Waals surface area contributed by atoms with Crippen molar-refractivity contribution in [2.45, 2.75) is 47.5 Å². The molecule has 1 aromatic heterocycles. The van der Waals surface area contributed by atoms with Crippen molar-refractivity contribution in [2.24, 2.45) is 0 Å². The average molecular weight is 205 g/mol. The highest BCUT2D eigenvalue weighted by Gasteiger charge is 1.94. The summed E-state index contributed by atoms with van der Waals surface area (Å²) in [7, 11) is 0. The molecule has 1 nitrogen and oxygen atoms in total. The number of fused-ring (bicyclic) bond motifs is 1. The Morgan fingerprint density at radius 3 is 2.13 bits per heavy atom. The largest absolute Gasteiger partial charge is 0.264 e. The highest BCUT2D eigenvalue weighted by Crippen LogP contribution is 1.95. The predicted molar refractivity (Wildman–Crippen MR) is 69.1 cm³/mol. The molecule has 1 aliphatic rings. The van der Waals surface area contributed by atoms with Gasteiger partial charge in [-0.25, -0.2) is 0 Å². The van der Waals surface area contributed by atoms with Gasteiger partial charge in [0.1, 0.15) is 0 Å². The summed E-state index contributed by atoms with van der Waals surface area (Å²) in [5.74, 6) is 0. The van der Waals surface area contributed by atoms with Gasteiger partial charge in [-0.15, -0.1) is 0 Å². The zero-order chi connectivity index (χ0) is 11.7. The van der Waals surface area contributed by atoms with E-state index in [0.29, 0.717) is 0 Å². The lowest BCUT2D eigenvalue weighted by Crippen LogP contribution is -2.29. The molecule has 0 spiro atoms. The first-order valence-electron chi connectivity index (χ1n) is 5.99. The van der Waals surface area contributed by atoms with E-state index in [1.165, 1.54) is 22.4 Å². The zero-order valence-electron chi connectivity index (χ0n) is 10.7. The Morgan fingerprint density at radius 1 is 0.933 bits per heavy atom. The molecule has 84 valence electrons. The van der Waals surface area contributed by atoms with Crippen LogP contribution in [0.4, 0.5) is 0 Å². The Bertz CT molecular complexity index is 377. The van der Waals surface area contributed by atoms with E-state index in [9.17, 15) is 0 Å². The van der Waals surface area contributed by atoms with E-state index in [1.54, 1.807) is 0 Å². The van der Waals surface area contributed by atoms with Crippen LogP contribution in [0.15, 0.2) is 12.4 Å². The number of pyridine rings is 1. The summed E-state index contributed by atoms with van der Waals surface area (Å²) in [4.78, 5) is 4.15. The van der Waals surface area contributed by atoms with E-state index in [-0.39, 0.29) is 0 Å². The Kier molecular flexibility index (Phi) is 7.61. The number of hydrogen-bond donors (Lipinski definition) is 0. The predicted octanol–water partition coefficient (Wildman–Crippen LogP) is 2.80. The van der Waals surface area contributed by atoms with E-state index >= 15 is 0 Å². The molecule has 1 aliphatic carbocycles. The summed E-state index contributed by atoms with van der Waals surface area (Å²) in [5, 5.41) is 2.68. The lowest BCUT2D eigenvalue weighted by molar-refractivity contribution is 1.09. The Balaban J connectivity index is 0.000000442. The van der Waals surface area contributed by atoms with Gasteiger partial charge in [-0.05, 0) is 35.8 Å². The first-order chi connectivity index (χ1) is 7.38. The number of rotatable bonds is 0. The normalized spacial score (nSPS) is 11.5. The van der Waals surface area contributed by atoms with Crippen molar-refractivity contribution in [3.8, 4) is 0 Å². The fourth-order valence-corrected chi connectivity index (χ4v) is 1.50. The summed E-state index contributed by atoms with van der Waals surface area (Å²) < 4.78 is 0. The third-order valence-electron chi connectivity index (χ3n) is 2.10. The van der Waals surface area contributed by atoms with Crippen molar-refractivity contribution in [1.29, 1.82) is 0 Å². The molecular weight excluding hydrogens is 182 g/mol. The van der Waals surface area contributed by atoms with Crippen LogP contribution in [0, 0.1) is 6.92 Å². The monoisotopic (exact) mass is 205 g/mol. The van der Waals surface area contributed by atoms with Crippen molar-refractivity contribution in [2.75, 3.05) is 0 Å². The Labute approximate surface area is 93.6 Å². The molecule has 0 amide bonds. The molecule has 0 saturated carbocycles. The van der Waals surface area contributed by atoms with Crippen LogP contribution in [0.5, 0.6) is 0 Å². The quantitative estimate of drug-likeness (QED) is 0.634. The maximum atomic E-state index is 4.15. The van der Waals surface area contributed by atoms with E-state index in [0.717, 1.165) is 6.42 Å². The fourth-order valence-electron chi connectivity index (χ4n) is 1.50. The molecule has 0 radical (unpaired) electrons. The molecule has 15 heavy (non-hydrogen) atoms. The van der Waals surface area contributed by atoms with Gasteiger partial charge in [0, 0.05) is 12.4 Å². The standard InChI is InChI=1S/C10H11N.2C2H6/c1-8-6-11-7-9-4-2-3-5-10(8)9;2*1-2/h4-7H,2-3H2,1H3;2*1-2H3. The molecule has 0 unspecified atom stereocenters. The van der Waals surface area contributed by atoms with Crippen LogP contribution in [0.25, 0.3) is 12.2 Å². The van der Waals surface area contributed by atoms with Gasteiger partial charge in [0.2, 0.25) is 0 Å². The minimum atomic E-state index is 1.16. The number of aromatic nitrogens is 1. The average Bonchev–Trinajstić information content (AvgIpc) is 2.35. The van der Waals surface area contributed by atoms with E-state index in [1.807, 2.05) is 40.1 Å². The van der Waals surface area contributed by atoms with Gasteiger partial charge in [-0.2, -0.15) is 0 Å². The molecule has 1 aromatic rings. The van der Waals surface area contributed by atoms with Gasteiger partial charge in [-0.1, -0.05) is 39.8 Å². The van der Waals surface area contributed by atoms with Crippen LogP contribution in [-0.2, 0) is 0 Å². The summed E-state index contributed by atoms with van der Waals surface area (Å²) in [5.41, 5.74) is 1.29. The molecule has 1 heteroatoms. The minimum absolute atomic E-state index is 1.16. The lowest BCUT2D eigenvalue weighted by atomic mass is 10.1. The molecule has 2 rings (SSSR count). The first-order valence-corrected chi connectivity index (χ1v) is 5.99. The number of hydrogen-bond acceptors (Lipinski definition) is 1. The second kappa shape index (κ2) is 8.22. The van der Waals surface area contributed by atoms with Crippen molar-refractivity contribution in [3.05, 3.63) is 28.4 Å². The topological polar surface area (TPSA) is 12.9 Å². The van der Waals surface area contributed by atoms with Crippen LogP contribution in [0.2, 0.25) is 0 Å².